The lowest BCUT2D eigenvalue weighted by molar-refractivity contribution is -0.120. The molecule has 0 aliphatic heterocycles. The summed E-state index contributed by atoms with van der Waals surface area (Å²) < 4.78 is 1.34. The van der Waals surface area contributed by atoms with E-state index >= 15 is 0 Å². The fraction of sp³-hybridized carbons (Fsp3) is 0.636. The maximum Gasteiger partial charge on any atom is 0.321 e. The molecule has 1 atom stereocenters. The highest BCUT2D eigenvalue weighted by molar-refractivity contribution is 5.94. The molecule has 3 amide bonds. The summed E-state index contributed by atoms with van der Waals surface area (Å²) in [5, 5.41) is 12.4. The largest absolute Gasteiger partial charge is 0.338 e. The van der Waals surface area contributed by atoms with Crippen molar-refractivity contribution in [3.8, 4) is 0 Å². The van der Waals surface area contributed by atoms with Crippen LogP contribution in [0, 0.1) is 0 Å². The minimum atomic E-state index is -0.494. The second-order valence-electron chi connectivity index (χ2n) is 4.29. The van der Waals surface area contributed by atoms with Crippen LogP contribution in [-0.4, -0.2) is 33.5 Å². The molecule has 0 bridgehead atoms. The molecular weight excluding hydrogens is 248 g/mol. The summed E-state index contributed by atoms with van der Waals surface area (Å²) in [5.74, 6) is -0.449. The fourth-order valence-electron chi connectivity index (χ4n) is 1.34. The summed E-state index contributed by atoms with van der Waals surface area (Å²) in [7, 11) is 0. The molecule has 1 aromatic rings. The lowest BCUT2D eigenvalue weighted by atomic mass is 10.3. The summed E-state index contributed by atoms with van der Waals surface area (Å²) in [6, 6.07) is -0.736. The van der Waals surface area contributed by atoms with Gasteiger partial charge in [0.2, 0.25) is 5.91 Å². The van der Waals surface area contributed by atoms with Crippen LogP contribution in [0.4, 0.5) is 4.79 Å². The fourth-order valence-corrected chi connectivity index (χ4v) is 1.34. The zero-order valence-electron chi connectivity index (χ0n) is 11.2. The molecule has 8 heteroatoms. The molecule has 8 nitrogen and oxygen atoms in total. The van der Waals surface area contributed by atoms with Crippen molar-refractivity contribution in [2.24, 2.45) is 5.73 Å². The maximum atomic E-state index is 11.5. The van der Waals surface area contributed by atoms with Crippen molar-refractivity contribution in [3.05, 3.63) is 11.9 Å². The first kappa shape index (κ1) is 15.1. The van der Waals surface area contributed by atoms with Gasteiger partial charge in [0.25, 0.3) is 0 Å². The Bertz CT molecular complexity index is 429. The number of imide groups is 1. The van der Waals surface area contributed by atoms with Gasteiger partial charge in [0.05, 0.1) is 11.9 Å². The van der Waals surface area contributed by atoms with Crippen LogP contribution in [0.1, 0.15) is 38.4 Å². The number of hydrogen-bond acceptors (Lipinski definition) is 5. The van der Waals surface area contributed by atoms with Crippen LogP contribution in [0.2, 0.25) is 0 Å². The van der Waals surface area contributed by atoms with Crippen molar-refractivity contribution in [1.29, 1.82) is 0 Å². The summed E-state index contributed by atoms with van der Waals surface area (Å²) in [4.78, 5) is 22.9. The molecule has 1 rings (SSSR count). The van der Waals surface area contributed by atoms with E-state index in [1.54, 1.807) is 13.1 Å². The number of urea groups is 1. The Morgan fingerprint density at radius 1 is 1.53 bits per heavy atom. The van der Waals surface area contributed by atoms with E-state index in [0.717, 1.165) is 12.8 Å². The Balaban J connectivity index is 2.35. The molecular formula is C11H20N6O2. The van der Waals surface area contributed by atoms with Gasteiger partial charge in [-0.05, 0) is 13.3 Å². The molecule has 0 saturated heterocycles. The molecule has 1 aromatic heterocycles. The lowest BCUT2D eigenvalue weighted by Gasteiger charge is -2.05. The number of rotatable bonds is 6. The van der Waals surface area contributed by atoms with Crippen molar-refractivity contribution in [2.75, 3.05) is 6.54 Å². The maximum absolute atomic E-state index is 11.5. The summed E-state index contributed by atoms with van der Waals surface area (Å²) in [6.45, 7) is 4.27. The Morgan fingerprint density at radius 2 is 2.26 bits per heavy atom. The van der Waals surface area contributed by atoms with Gasteiger partial charge in [0.15, 0.2) is 0 Å². The van der Waals surface area contributed by atoms with Crippen molar-refractivity contribution in [1.82, 2.24) is 25.6 Å². The third-order valence-corrected chi connectivity index (χ3v) is 2.40. The van der Waals surface area contributed by atoms with E-state index in [2.05, 4.69) is 20.9 Å². The van der Waals surface area contributed by atoms with Crippen LogP contribution < -0.4 is 16.4 Å². The van der Waals surface area contributed by atoms with Crippen LogP contribution in [0.3, 0.4) is 0 Å². The first-order valence-corrected chi connectivity index (χ1v) is 6.26. The molecule has 0 saturated carbocycles. The summed E-state index contributed by atoms with van der Waals surface area (Å²) in [6.07, 6.45) is 3.44. The van der Waals surface area contributed by atoms with E-state index in [1.807, 2.05) is 6.92 Å². The van der Waals surface area contributed by atoms with Gasteiger partial charge in [-0.3, -0.25) is 10.1 Å². The first-order valence-electron chi connectivity index (χ1n) is 6.26. The van der Waals surface area contributed by atoms with Crippen LogP contribution in [0.25, 0.3) is 0 Å². The third kappa shape index (κ3) is 5.47. The smallest absolute Gasteiger partial charge is 0.321 e. The van der Waals surface area contributed by atoms with Crippen LogP contribution in [-0.2, 0) is 11.3 Å². The number of carbonyl (C=O) groups excluding carboxylic acids is 2. The number of nitrogens with zero attached hydrogens (tertiary/aromatic N) is 3. The van der Waals surface area contributed by atoms with E-state index in [9.17, 15) is 9.59 Å². The van der Waals surface area contributed by atoms with Gasteiger partial charge < -0.3 is 11.1 Å². The van der Waals surface area contributed by atoms with Gasteiger partial charge in [-0.2, -0.15) is 0 Å². The molecule has 0 fully saturated rings. The van der Waals surface area contributed by atoms with E-state index in [-0.39, 0.29) is 12.6 Å². The number of carbonyl (C=O) groups is 2. The minimum absolute atomic E-state index is 0.0685. The quantitative estimate of drug-likeness (QED) is 0.624. The topological polar surface area (TPSA) is 115 Å². The summed E-state index contributed by atoms with van der Waals surface area (Å²) in [5.41, 5.74) is 6.22. The second kappa shape index (κ2) is 7.47. The average Bonchev–Trinajstić information content (AvgIpc) is 2.77. The second-order valence-corrected chi connectivity index (χ2v) is 4.29. The molecule has 1 heterocycles. The molecule has 0 radical (unpaired) electrons. The standard InChI is InChI=1S/C11H20N6O2/c1-3-4-5-13-11(19)14-10(18)7-17-6-9(8(2)12)15-16-17/h6,8H,3-5,7,12H2,1-2H3,(H2,13,14,18,19). The highest BCUT2D eigenvalue weighted by Gasteiger charge is 2.10. The predicted octanol–water partition coefficient (Wildman–Crippen LogP) is -0.0763. The van der Waals surface area contributed by atoms with E-state index in [1.165, 1.54) is 4.68 Å². The van der Waals surface area contributed by atoms with Crippen LogP contribution in [0.15, 0.2) is 6.20 Å². The summed E-state index contributed by atoms with van der Waals surface area (Å²) >= 11 is 0. The molecule has 0 aromatic carbocycles. The molecule has 0 spiro atoms. The lowest BCUT2D eigenvalue weighted by Crippen LogP contribution is -2.41. The minimum Gasteiger partial charge on any atom is -0.338 e. The number of amides is 3. The Morgan fingerprint density at radius 3 is 2.84 bits per heavy atom. The molecule has 0 aliphatic rings. The van der Waals surface area contributed by atoms with Gasteiger partial charge in [-0.25, -0.2) is 9.48 Å². The van der Waals surface area contributed by atoms with Crippen LogP contribution in [0.5, 0.6) is 0 Å². The third-order valence-electron chi connectivity index (χ3n) is 2.40. The molecule has 4 N–H and O–H groups in total. The van der Waals surface area contributed by atoms with Crippen LogP contribution >= 0.6 is 0 Å². The number of aromatic nitrogens is 3. The number of hydrogen-bond donors (Lipinski definition) is 3. The zero-order chi connectivity index (χ0) is 14.3. The highest BCUT2D eigenvalue weighted by Crippen LogP contribution is 2.02. The molecule has 106 valence electrons. The molecule has 1 unspecified atom stereocenters. The monoisotopic (exact) mass is 268 g/mol. The predicted molar refractivity (Wildman–Crippen MR) is 69.1 cm³/mol. The Kier molecular flexibility index (Phi) is 5.94. The first-order chi connectivity index (χ1) is 9.02. The number of unbranched alkanes of at least 4 members (excludes halogenated alkanes) is 1. The van der Waals surface area contributed by atoms with Crippen molar-refractivity contribution < 1.29 is 9.59 Å². The zero-order valence-corrected chi connectivity index (χ0v) is 11.2. The van der Waals surface area contributed by atoms with Gasteiger partial charge in [0.1, 0.15) is 6.54 Å². The van der Waals surface area contributed by atoms with E-state index < -0.39 is 11.9 Å². The molecule has 0 aliphatic carbocycles. The van der Waals surface area contributed by atoms with Gasteiger partial charge in [0, 0.05) is 12.6 Å². The Labute approximate surface area is 111 Å². The highest BCUT2D eigenvalue weighted by atomic mass is 16.2. The normalized spacial score (nSPS) is 11.9. The average molecular weight is 268 g/mol. The SMILES string of the molecule is CCCCNC(=O)NC(=O)Cn1cc(C(C)N)nn1. The van der Waals surface area contributed by atoms with Crippen molar-refractivity contribution in [2.45, 2.75) is 39.3 Å². The van der Waals surface area contributed by atoms with E-state index in [0.29, 0.717) is 12.2 Å². The van der Waals surface area contributed by atoms with Gasteiger partial charge in [-0.15, -0.1) is 5.10 Å². The number of nitrogens with one attached hydrogen (secondary N) is 2. The number of nitrogens with two attached hydrogens (primary N) is 1. The van der Waals surface area contributed by atoms with Gasteiger partial charge >= 0.3 is 6.03 Å². The van der Waals surface area contributed by atoms with Gasteiger partial charge in [-0.1, -0.05) is 18.6 Å². The van der Waals surface area contributed by atoms with Crippen molar-refractivity contribution in [3.63, 3.8) is 0 Å². The van der Waals surface area contributed by atoms with Crippen molar-refractivity contribution >= 4 is 11.9 Å². The molecule has 19 heavy (non-hydrogen) atoms. The van der Waals surface area contributed by atoms with E-state index in [4.69, 9.17) is 5.73 Å². The Hall–Kier alpha value is -1.96.